The summed E-state index contributed by atoms with van der Waals surface area (Å²) in [6.07, 6.45) is 3.08. The Morgan fingerprint density at radius 1 is 1.29 bits per heavy atom. The van der Waals surface area contributed by atoms with Crippen LogP contribution in [0.25, 0.3) is 5.69 Å². The van der Waals surface area contributed by atoms with Crippen molar-refractivity contribution in [2.24, 2.45) is 5.73 Å². The number of hydrogen-bond acceptors (Lipinski definition) is 2. The maximum Gasteiger partial charge on any atom is 0.152 e. The average molecular weight is 258 g/mol. The highest BCUT2D eigenvalue weighted by Crippen LogP contribution is 2.20. The van der Waals surface area contributed by atoms with E-state index < -0.39 is 11.6 Å². The van der Waals surface area contributed by atoms with E-state index in [1.165, 1.54) is 24.5 Å². The lowest BCUT2D eigenvalue weighted by Gasteiger charge is -2.07. The Morgan fingerprint density at radius 3 is 2.41 bits per heavy atom. The first-order valence-electron chi connectivity index (χ1n) is 5.00. The molecule has 0 aliphatic heterocycles. The van der Waals surface area contributed by atoms with Crippen molar-refractivity contribution in [3.05, 3.63) is 46.7 Å². The summed E-state index contributed by atoms with van der Waals surface area (Å²) in [6.45, 7) is 0.339. The lowest BCUT2D eigenvalue weighted by atomic mass is 10.1. The summed E-state index contributed by atoms with van der Waals surface area (Å²) < 4.78 is 28.6. The van der Waals surface area contributed by atoms with Crippen LogP contribution < -0.4 is 5.73 Å². The monoisotopic (exact) mass is 257 g/mol. The Bertz CT molecular complexity index is 516. The summed E-state index contributed by atoms with van der Waals surface area (Å²) in [7, 11) is 0. The molecule has 1 aromatic heterocycles. The molecule has 2 aromatic rings. The van der Waals surface area contributed by atoms with Gasteiger partial charge in [-0.1, -0.05) is 11.6 Å². The van der Waals surface area contributed by atoms with Crippen molar-refractivity contribution >= 4 is 11.6 Å². The van der Waals surface area contributed by atoms with Gasteiger partial charge in [0.1, 0.15) is 5.69 Å². The van der Waals surface area contributed by atoms with E-state index in [0.29, 0.717) is 23.6 Å². The van der Waals surface area contributed by atoms with E-state index in [4.69, 9.17) is 17.3 Å². The molecule has 6 heteroatoms. The molecule has 0 fully saturated rings. The molecule has 17 heavy (non-hydrogen) atoms. The largest absolute Gasteiger partial charge is 0.330 e. The van der Waals surface area contributed by atoms with Crippen LogP contribution >= 0.6 is 11.6 Å². The maximum atomic E-state index is 13.7. The Balaban J connectivity index is 2.48. The lowest BCUT2D eigenvalue weighted by Crippen LogP contribution is -2.07. The van der Waals surface area contributed by atoms with Crippen molar-refractivity contribution in [2.45, 2.75) is 6.42 Å². The quantitative estimate of drug-likeness (QED) is 0.917. The fourth-order valence-corrected chi connectivity index (χ4v) is 1.71. The van der Waals surface area contributed by atoms with Gasteiger partial charge in [0.15, 0.2) is 11.6 Å². The molecule has 2 N–H and O–H groups in total. The predicted octanol–water partition coefficient (Wildman–Crippen LogP) is 2.31. The molecular weight excluding hydrogens is 248 g/mol. The van der Waals surface area contributed by atoms with Gasteiger partial charge in [0, 0.05) is 6.20 Å². The van der Waals surface area contributed by atoms with Crippen LogP contribution in [0.4, 0.5) is 8.78 Å². The highest BCUT2D eigenvalue weighted by Gasteiger charge is 2.13. The van der Waals surface area contributed by atoms with Gasteiger partial charge in [-0.2, -0.15) is 5.10 Å². The molecule has 1 heterocycles. The van der Waals surface area contributed by atoms with Crippen molar-refractivity contribution in [1.29, 1.82) is 0 Å². The van der Waals surface area contributed by atoms with Gasteiger partial charge in [0.2, 0.25) is 0 Å². The van der Waals surface area contributed by atoms with E-state index in [1.54, 1.807) is 0 Å². The smallest absolute Gasteiger partial charge is 0.152 e. The molecule has 2 rings (SSSR count). The number of nitrogens with zero attached hydrogens (tertiary/aromatic N) is 2. The zero-order chi connectivity index (χ0) is 12.4. The molecule has 0 aliphatic rings. The molecule has 0 bridgehead atoms. The first kappa shape index (κ1) is 12.0. The molecule has 90 valence electrons. The minimum Gasteiger partial charge on any atom is -0.330 e. The third kappa shape index (κ3) is 2.45. The summed E-state index contributed by atoms with van der Waals surface area (Å²) in [4.78, 5) is 0. The van der Waals surface area contributed by atoms with Crippen LogP contribution in [0.2, 0.25) is 5.02 Å². The van der Waals surface area contributed by atoms with Crippen LogP contribution in [0, 0.1) is 11.6 Å². The second-order valence-electron chi connectivity index (χ2n) is 3.55. The molecule has 0 spiro atoms. The molecule has 0 radical (unpaired) electrons. The summed E-state index contributed by atoms with van der Waals surface area (Å²) in [5, 5.41) is 4.08. The molecule has 0 amide bonds. The van der Waals surface area contributed by atoms with Crippen molar-refractivity contribution in [3.8, 4) is 5.69 Å². The number of hydrogen-bond donors (Lipinski definition) is 1. The van der Waals surface area contributed by atoms with E-state index in [0.717, 1.165) is 4.68 Å². The van der Waals surface area contributed by atoms with Gasteiger partial charge in [-0.15, -0.1) is 0 Å². The fourth-order valence-electron chi connectivity index (χ4n) is 1.57. The van der Waals surface area contributed by atoms with Crippen LogP contribution in [-0.4, -0.2) is 16.3 Å². The van der Waals surface area contributed by atoms with Crippen molar-refractivity contribution in [2.75, 3.05) is 6.54 Å². The van der Waals surface area contributed by atoms with Crippen molar-refractivity contribution in [1.82, 2.24) is 9.78 Å². The topological polar surface area (TPSA) is 43.8 Å². The highest BCUT2D eigenvalue weighted by molar-refractivity contribution is 6.30. The van der Waals surface area contributed by atoms with Crippen LogP contribution in [0.5, 0.6) is 0 Å². The maximum absolute atomic E-state index is 13.7. The van der Waals surface area contributed by atoms with Gasteiger partial charge < -0.3 is 5.73 Å². The second-order valence-corrected chi connectivity index (χ2v) is 3.99. The van der Waals surface area contributed by atoms with Gasteiger partial charge >= 0.3 is 0 Å². The van der Waals surface area contributed by atoms with Gasteiger partial charge in [0.05, 0.1) is 11.2 Å². The van der Waals surface area contributed by atoms with Crippen molar-refractivity contribution in [3.63, 3.8) is 0 Å². The van der Waals surface area contributed by atoms with E-state index in [1.807, 2.05) is 0 Å². The van der Waals surface area contributed by atoms with E-state index >= 15 is 0 Å². The zero-order valence-electron chi connectivity index (χ0n) is 8.83. The van der Waals surface area contributed by atoms with Crippen LogP contribution in [0.15, 0.2) is 24.5 Å². The fraction of sp³-hybridized carbons (Fsp3) is 0.182. The lowest BCUT2D eigenvalue weighted by molar-refractivity contribution is 0.557. The van der Waals surface area contributed by atoms with E-state index in [-0.39, 0.29) is 5.69 Å². The predicted molar refractivity (Wildman–Crippen MR) is 61.2 cm³/mol. The van der Waals surface area contributed by atoms with Crippen LogP contribution in [0.1, 0.15) is 5.56 Å². The third-order valence-electron chi connectivity index (χ3n) is 2.29. The van der Waals surface area contributed by atoms with Crippen LogP contribution in [-0.2, 0) is 6.42 Å². The number of rotatable bonds is 3. The minimum absolute atomic E-state index is 0.238. The molecular formula is C11H10ClF2N3. The van der Waals surface area contributed by atoms with Gasteiger partial charge in [-0.05, 0) is 30.7 Å². The Morgan fingerprint density at radius 2 is 1.94 bits per heavy atom. The molecule has 0 saturated heterocycles. The normalized spacial score (nSPS) is 10.8. The summed E-state index contributed by atoms with van der Waals surface area (Å²) in [6, 6.07) is 2.50. The highest BCUT2D eigenvalue weighted by atomic mass is 35.5. The third-order valence-corrected chi connectivity index (χ3v) is 2.49. The Hall–Kier alpha value is -1.46. The first-order valence-corrected chi connectivity index (χ1v) is 5.38. The molecule has 0 aliphatic carbocycles. The van der Waals surface area contributed by atoms with Crippen molar-refractivity contribution < 1.29 is 8.78 Å². The zero-order valence-corrected chi connectivity index (χ0v) is 9.59. The molecule has 1 aromatic carbocycles. The molecule has 3 nitrogen and oxygen atoms in total. The molecule has 0 unspecified atom stereocenters. The van der Waals surface area contributed by atoms with Crippen LogP contribution in [0.3, 0.4) is 0 Å². The number of aromatic nitrogens is 2. The summed E-state index contributed by atoms with van der Waals surface area (Å²) >= 11 is 5.65. The standard InChI is InChI=1S/C11H10ClF2N3/c12-8-5-16-17(6-8)11-9(13)3-7(1-2-15)4-10(11)14/h3-6H,1-2,15H2. The number of nitrogens with two attached hydrogens (primary N) is 1. The first-order chi connectivity index (χ1) is 8.11. The Labute approximate surface area is 102 Å². The average Bonchev–Trinajstić information content (AvgIpc) is 2.64. The summed E-state index contributed by atoms with van der Waals surface area (Å²) in [5.41, 5.74) is 5.61. The second kappa shape index (κ2) is 4.81. The SMILES string of the molecule is NCCc1cc(F)c(-n2cc(Cl)cn2)c(F)c1. The number of benzene rings is 1. The number of halogens is 3. The van der Waals surface area contributed by atoms with Gasteiger partial charge in [0.25, 0.3) is 0 Å². The van der Waals surface area contributed by atoms with Gasteiger partial charge in [-0.3, -0.25) is 0 Å². The Kier molecular flexibility index (Phi) is 3.40. The minimum atomic E-state index is -0.687. The van der Waals surface area contributed by atoms with E-state index in [2.05, 4.69) is 5.10 Å². The molecule has 0 saturated carbocycles. The summed E-state index contributed by atoms with van der Waals surface area (Å²) in [5.74, 6) is -1.37. The van der Waals surface area contributed by atoms with Gasteiger partial charge in [-0.25, -0.2) is 13.5 Å². The van der Waals surface area contributed by atoms with E-state index in [9.17, 15) is 8.78 Å². The molecule has 0 atom stereocenters.